The van der Waals surface area contributed by atoms with Crippen molar-refractivity contribution in [2.75, 3.05) is 7.11 Å². The van der Waals surface area contributed by atoms with E-state index in [1.165, 1.54) is 6.07 Å². The fourth-order valence-electron chi connectivity index (χ4n) is 1.61. The van der Waals surface area contributed by atoms with Crippen LogP contribution in [0, 0.1) is 5.82 Å². The normalized spacial score (nSPS) is 11.1. The number of allylic oxidation sites excluding steroid dienone is 1. The lowest BCUT2D eigenvalue weighted by Crippen LogP contribution is -2.21. The SMILES string of the molecule is C=C(C)Cc1ccc(F)c(OC(F)(F)F)c1C(=O)OC. The fraction of sp³-hybridized carbons (Fsp3) is 0.308. The van der Waals surface area contributed by atoms with Crippen molar-refractivity contribution >= 4 is 5.97 Å². The fourth-order valence-corrected chi connectivity index (χ4v) is 1.61. The first-order valence-electron chi connectivity index (χ1n) is 5.45. The summed E-state index contributed by atoms with van der Waals surface area (Å²) in [5.74, 6) is -3.60. The smallest absolute Gasteiger partial charge is 0.465 e. The Kier molecular flexibility index (Phi) is 4.75. The van der Waals surface area contributed by atoms with Gasteiger partial charge in [0.15, 0.2) is 11.6 Å². The topological polar surface area (TPSA) is 35.5 Å². The van der Waals surface area contributed by atoms with Crippen LogP contribution >= 0.6 is 0 Å². The molecule has 0 saturated carbocycles. The van der Waals surface area contributed by atoms with E-state index < -0.39 is 29.5 Å². The van der Waals surface area contributed by atoms with Gasteiger partial charge in [0.25, 0.3) is 0 Å². The number of methoxy groups -OCH3 is 1. The number of rotatable bonds is 4. The van der Waals surface area contributed by atoms with E-state index in [1.54, 1.807) is 6.92 Å². The molecule has 0 aliphatic rings. The first-order valence-corrected chi connectivity index (χ1v) is 5.45. The molecular weight excluding hydrogens is 280 g/mol. The minimum absolute atomic E-state index is 0.0962. The Hall–Kier alpha value is -2.05. The van der Waals surface area contributed by atoms with Crippen molar-refractivity contribution in [2.45, 2.75) is 19.7 Å². The summed E-state index contributed by atoms with van der Waals surface area (Å²) in [6.07, 6.45) is -5.02. The standard InChI is InChI=1S/C13H12F4O3/c1-7(2)6-8-4-5-9(14)11(20-13(15,16)17)10(8)12(18)19-3/h4-5H,1,6H2,2-3H3. The summed E-state index contributed by atoms with van der Waals surface area (Å²) in [5, 5.41) is 0. The Balaban J connectivity index is 3.45. The summed E-state index contributed by atoms with van der Waals surface area (Å²) in [6.45, 7) is 5.21. The van der Waals surface area contributed by atoms with Gasteiger partial charge >= 0.3 is 12.3 Å². The number of carbonyl (C=O) groups excluding carboxylic acids is 1. The van der Waals surface area contributed by atoms with Crippen molar-refractivity contribution in [3.63, 3.8) is 0 Å². The van der Waals surface area contributed by atoms with Gasteiger partial charge in [-0.1, -0.05) is 18.2 Å². The van der Waals surface area contributed by atoms with Gasteiger partial charge in [-0.3, -0.25) is 0 Å². The second kappa shape index (κ2) is 5.94. The highest BCUT2D eigenvalue weighted by Gasteiger charge is 2.35. The molecule has 1 aromatic carbocycles. The number of carbonyl (C=O) groups is 1. The lowest BCUT2D eigenvalue weighted by molar-refractivity contribution is -0.275. The Morgan fingerprint density at radius 1 is 1.35 bits per heavy atom. The van der Waals surface area contributed by atoms with E-state index in [0.717, 1.165) is 13.2 Å². The molecule has 110 valence electrons. The molecule has 0 fully saturated rings. The van der Waals surface area contributed by atoms with Gasteiger partial charge in [-0.05, 0) is 25.0 Å². The molecule has 7 heteroatoms. The third-order valence-electron chi connectivity index (χ3n) is 2.30. The molecule has 0 radical (unpaired) electrons. The van der Waals surface area contributed by atoms with Gasteiger partial charge < -0.3 is 9.47 Å². The molecule has 0 N–H and O–H groups in total. The molecule has 0 aliphatic carbocycles. The van der Waals surface area contributed by atoms with Crippen LogP contribution in [0.25, 0.3) is 0 Å². The Labute approximate surface area is 112 Å². The number of alkyl halides is 3. The largest absolute Gasteiger partial charge is 0.573 e. The molecule has 0 unspecified atom stereocenters. The molecule has 0 amide bonds. The molecule has 1 rings (SSSR count). The Bertz CT molecular complexity index is 535. The zero-order valence-corrected chi connectivity index (χ0v) is 10.8. The van der Waals surface area contributed by atoms with Crippen LogP contribution in [0.15, 0.2) is 24.3 Å². The van der Waals surface area contributed by atoms with Crippen molar-refractivity contribution in [3.8, 4) is 5.75 Å². The minimum Gasteiger partial charge on any atom is -0.465 e. The summed E-state index contributed by atoms with van der Waals surface area (Å²) in [7, 11) is 0.981. The average Bonchev–Trinajstić information content (AvgIpc) is 2.30. The molecule has 20 heavy (non-hydrogen) atoms. The minimum atomic E-state index is -5.12. The summed E-state index contributed by atoms with van der Waals surface area (Å²) in [4.78, 5) is 11.6. The van der Waals surface area contributed by atoms with E-state index in [-0.39, 0.29) is 12.0 Å². The zero-order valence-electron chi connectivity index (χ0n) is 10.8. The average molecular weight is 292 g/mol. The number of esters is 1. The first-order chi connectivity index (χ1) is 9.15. The molecule has 0 bridgehead atoms. The van der Waals surface area contributed by atoms with Crippen LogP contribution in [0.1, 0.15) is 22.8 Å². The van der Waals surface area contributed by atoms with Crippen LogP contribution in [-0.4, -0.2) is 19.4 Å². The molecule has 0 aliphatic heterocycles. The zero-order chi connectivity index (χ0) is 15.5. The van der Waals surface area contributed by atoms with Gasteiger partial charge in [-0.25, -0.2) is 9.18 Å². The van der Waals surface area contributed by atoms with E-state index in [0.29, 0.717) is 5.57 Å². The Morgan fingerprint density at radius 3 is 2.40 bits per heavy atom. The highest BCUT2D eigenvalue weighted by molar-refractivity contribution is 5.94. The van der Waals surface area contributed by atoms with Crippen molar-refractivity contribution in [1.82, 2.24) is 0 Å². The maximum Gasteiger partial charge on any atom is 0.573 e. The van der Waals surface area contributed by atoms with Gasteiger partial charge in [0.2, 0.25) is 0 Å². The van der Waals surface area contributed by atoms with E-state index in [2.05, 4.69) is 16.1 Å². The van der Waals surface area contributed by atoms with Crippen LogP contribution in [-0.2, 0) is 11.2 Å². The van der Waals surface area contributed by atoms with Gasteiger partial charge in [0.1, 0.15) is 5.56 Å². The van der Waals surface area contributed by atoms with Crippen molar-refractivity contribution in [3.05, 3.63) is 41.2 Å². The first kappa shape index (κ1) is 16.0. The summed E-state index contributed by atoms with van der Waals surface area (Å²) >= 11 is 0. The van der Waals surface area contributed by atoms with E-state index in [1.807, 2.05) is 0 Å². The van der Waals surface area contributed by atoms with Crippen LogP contribution in [0.2, 0.25) is 0 Å². The van der Waals surface area contributed by atoms with Gasteiger partial charge in [0.05, 0.1) is 7.11 Å². The number of ether oxygens (including phenoxy) is 2. The van der Waals surface area contributed by atoms with E-state index in [4.69, 9.17) is 0 Å². The van der Waals surface area contributed by atoms with Crippen molar-refractivity contribution in [1.29, 1.82) is 0 Å². The lowest BCUT2D eigenvalue weighted by atomic mass is 10.00. The Morgan fingerprint density at radius 2 is 1.95 bits per heavy atom. The molecule has 1 aromatic rings. The molecule has 0 saturated heterocycles. The summed E-state index contributed by atoms with van der Waals surface area (Å²) < 4.78 is 58.4. The van der Waals surface area contributed by atoms with Crippen LogP contribution in [0.4, 0.5) is 17.6 Å². The van der Waals surface area contributed by atoms with E-state index >= 15 is 0 Å². The molecule has 0 heterocycles. The molecule has 3 nitrogen and oxygen atoms in total. The molecule has 0 aromatic heterocycles. The number of hydrogen-bond acceptors (Lipinski definition) is 3. The van der Waals surface area contributed by atoms with Gasteiger partial charge in [-0.2, -0.15) is 0 Å². The van der Waals surface area contributed by atoms with Gasteiger partial charge in [-0.15, -0.1) is 13.2 Å². The predicted octanol–water partition coefficient (Wildman–Crippen LogP) is 3.63. The highest BCUT2D eigenvalue weighted by Crippen LogP contribution is 2.32. The van der Waals surface area contributed by atoms with Crippen LogP contribution in [0.3, 0.4) is 0 Å². The van der Waals surface area contributed by atoms with Crippen LogP contribution < -0.4 is 4.74 Å². The monoisotopic (exact) mass is 292 g/mol. The number of benzene rings is 1. The molecule has 0 atom stereocenters. The van der Waals surface area contributed by atoms with Crippen molar-refractivity contribution in [2.24, 2.45) is 0 Å². The third kappa shape index (κ3) is 3.97. The highest BCUT2D eigenvalue weighted by atomic mass is 19.4. The number of halogens is 4. The summed E-state index contributed by atoms with van der Waals surface area (Å²) in [6, 6.07) is 1.99. The summed E-state index contributed by atoms with van der Waals surface area (Å²) in [5.41, 5.74) is 0.137. The maximum absolute atomic E-state index is 13.5. The maximum atomic E-state index is 13.5. The second-order valence-electron chi connectivity index (χ2n) is 4.08. The van der Waals surface area contributed by atoms with Crippen molar-refractivity contribution < 1.29 is 31.8 Å². The predicted molar refractivity (Wildman–Crippen MR) is 62.9 cm³/mol. The molecule has 0 spiro atoms. The number of hydrogen-bond donors (Lipinski definition) is 0. The van der Waals surface area contributed by atoms with E-state index in [9.17, 15) is 22.4 Å². The quantitative estimate of drug-likeness (QED) is 0.483. The third-order valence-corrected chi connectivity index (χ3v) is 2.30. The molecular formula is C13H12F4O3. The van der Waals surface area contributed by atoms with Crippen LogP contribution in [0.5, 0.6) is 5.75 Å². The second-order valence-corrected chi connectivity index (χ2v) is 4.08. The van der Waals surface area contributed by atoms with Gasteiger partial charge in [0, 0.05) is 0 Å². The lowest BCUT2D eigenvalue weighted by Gasteiger charge is -2.16.